The van der Waals surface area contributed by atoms with Gasteiger partial charge in [0.2, 0.25) is 11.2 Å². The highest BCUT2D eigenvalue weighted by molar-refractivity contribution is 5.90. The molecule has 0 bridgehead atoms. The van der Waals surface area contributed by atoms with Crippen LogP contribution >= 0.6 is 0 Å². The Kier molecular flexibility index (Phi) is 29.6. The molecule has 0 radical (unpaired) electrons. The molecule has 0 aromatic heterocycles. The lowest BCUT2D eigenvalue weighted by atomic mass is 9.75. The van der Waals surface area contributed by atoms with E-state index in [1.807, 2.05) is 0 Å². The zero-order valence-electron chi connectivity index (χ0n) is 30.1. The number of aliphatic carboxylic acids is 2. The average molecular weight is 651 g/mol. The van der Waals surface area contributed by atoms with Crippen LogP contribution in [0.5, 0.6) is 0 Å². The van der Waals surface area contributed by atoms with E-state index in [1.54, 1.807) is 0 Å². The molecule has 0 amide bonds. The molecule has 4 N–H and O–H groups in total. The molecule has 0 heterocycles. The molecule has 0 aromatic carbocycles. The molecule has 0 aliphatic heterocycles. The number of rotatable bonds is 35. The topological polar surface area (TPSA) is 115 Å². The number of allylic oxidation sites excluding steroid dienone is 4. The van der Waals surface area contributed by atoms with Gasteiger partial charge in [0, 0.05) is 0 Å². The fourth-order valence-electron chi connectivity index (χ4n) is 6.24. The van der Waals surface area contributed by atoms with Crippen molar-refractivity contribution in [2.24, 2.45) is 0 Å². The summed E-state index contributed by atoms with van der Waals surface area (Å²) in [6, 6.07) is 0. The van der Waals surface area contributed by atoms with Gasteiger partial charge in [-0.1, -0.05) is 154 Å². The molecule has 46 heavy (non-hydrogen) atoms. The number of aliphatic hydroxyl groups is 2. The third-order valence-corrected chi connectivity index (χ3v) is 9.49. The molecule has 0 aromatic rings. The van der Waals surface area contributed by atoms with E-state index in [0.29, 0.717) is 25.7 Å². The standard InChI is InChI=1S/C40H74O6/c1-3-5-7-9-11-13-15-17-19-21-23-25-27-29-31-33-35-39(45,37(41)42)40(46,38(43)44)36-34-32-30-28-26-24-22-20-18-16-14-12-10-8-6-4-2/h17-20,45-46H,3-16,21-36H2,1-2H3,(H,41,42)(H,43,44)/b19-17-,20-18-. The van der Waals surface area contributed by atoms with Crippen LogP contribution in [0.25, 0.3) is 0 Å². The number of carboxylic acid groups (broad SMARTS) is 2. The molecule has 2 unspecified atom stereocenters. The Balaban J connectivity index is 4.14. The molecule has 0 aliphatic carbocycles. The highest BCUT2D eigenvalue weighted by Crippen LogP contribution is 2.34. The zero-order chi connectivity index (χ0) is 34.2. The summed E-state index contributed by atoms with van der Waals surface area (Å²) in [5.41, 5.74) is -5.39. The monoisotopic (exact) mass is 651 g/mol. The van der Waals surface area contributed by atoms with Crippen LogP contribution in [0.1, 0.15) is 206 Å². The van der Waals surface area contributed by atoms with Gasteiger partial charge in [0.15, 0.2) is 0 Å². The van der Waals surface area contributed by atoms with Crippen molar-refractivity contribution in [2.75, 3.05) is 0 Å². The SMILES string of the molecule is CCCCCCCC/C=C\CCCCCCCCC(O)(C(=O)O)C(O)(CCCCCCCC/C=C\CCCCCCCC)C(=O)O. The van der Waals surface area contributed by atoms with Gasteiger partial charge in [-0.3, -0.25) is 0 Å². The predicted molar refractivity (Wildman–Crippen MR) is 193 cm³/mol. The summed E-state index contributed by atoms with van der Waals surface area (Å²) in [4.78, 5) is 24.1. The summed E-state index contributed by atoms with van der Waals surface area (Å²) in [7, 11) is 0. The number of hydrogen-bond acceptors (Lipinski definition) is 4. The Morgan fingerprint density at radius 3 is 0.848 bits per heavy atom. The quantitative estimate of drug-likeness (QED) is 0.0401. The molecular formula is C40H74O6. The van der Waals surface area contributed by atoms with Gasteiger partial charge in [0.25, 0.3) is 0 Å². The van der Waals surface area contributed by atoms with E-state index in [9.17, 15) is 30.0 Å². The van der Waals surface area contributed by atoms with Gasteiger partial charge >= 0.3 is 11.9 Å². The molecule has 0 saturated heterocycles. The molecule has 2 atom stereocenters. The third kappa shape index (κ3) is 22.0. The first-order chi connectivity index (χ1) is 22.3. The number of unbranched alkanes of at least 4 members (excludes halogenated alkanes) is 24. The first-order valence-corrected chi connectivity index (χ1v) is 19.5. The van der Waals surface area contributed by atoms with Crippen LogP contribution in [-0.2, 0) is 9.59 Å². The van der Waals surface area contributed by atoms with Crippen LogP contribution in [0.3, 0.4) is 0 Å². The molecule has 0 spiro atoms. The van der Waals surface area contributed by atoms with Crippen molar-refractivity contribution in [2.45, 2.75) is 218 Å². The smallest absolute Gasteiger partial charge is 0.339 e. The minimum absolute atomic E-state index is 0.265. The summed E-state index contributed by atoms with van der Waals surface area (Å²) < 4.78 is 0. The van der Waals surface area contributed by atoms with Gasteiger partial charge in [-0.2, -0.15) is 0 Å². The summed E-state index contributed by atoms with van der Waals surface area (Å²) in [6.07, 6.45) is 39.4. The van der Waals surface area contributed by atoms with E-state index in [1.165, 1.54) is 89.9 Å². The molecule has 6 heteroatoms. The molecule has 6 nitrogen and oxygen atoms in total. The summed E-state index contributed by atoms with van der Waals surface area (Å²) >= 11 is 0. The Morgan fingerprint density at radius 1 is 0.391 bits per heavy atom. The van der Waals surface area contributed by atoms with Crippen LogP contribution in [0, 0.1) is 0 Å². The van der Waals surface area contributed by atoms with Crippen molar-refractivity contribution in [3.63, 3.8) is 0 Å². The van der Waals surface area contributed by atoms with Crippen molar-refractivity contribution in [1.82, 2.24) is 0 Å². The van der Waals surface area contributed by atoms with E-state index in [0.717, 1.165) is 64.2 Å². The average Bonchev–Trinajstić information content (AvgIpc) is 3.03. The third-order valence-electron chi connectivity index (χ3n) is 9.49. The lowest BCUT2D eigenvalue weighted by Gasteiger charge is -2.37. The van der Waals surface area contributed by atoms with E-state index < -0.39 is 23.1 Å². The first-order valence-electron chi connectivity index (χ1n) is 19.5. The molecule has 270 valence electrons. The number of hydrogen-bond donors (Lipinski definition) is 4. The van der Waals surface area contributed by atoms with Crippen LogP contribution < -0.4 is 0 Å². The maximum Gasteiger partial charge on any atom is 0.339 e. The van der Waals surface area contributed by atoms with Crippen molar-refractivity contribution in [1.29, 1.82) is 0 Å². The second kappa shape index (κ2) is 30.7. The minimum Gasteiger partial charge on any atom is -0.479 e. The van der Waals surface area contributed by atoms with Crippen LogP contribution in [0.15, 0.2) is 24.3 Å². The maximum atomic E-state index is 12.1. The van der Waals surface area contributed by atoms with Gasteiger partial charge < -0.3 is 20.4 Å². The second-order valence-electron chi connectivity index (χ2n) is 13.7. The number of carboxylic acids is 2. The normalized spacial score (nSPS) is 14.6. The van der Waals surface area contributed by atoms with Crippen LogP contribution in [0.4, 0.5) is 0 Å². The second-order valence-corrected chi connectivity index (χ2v) is 13.7. The lowest BCUT2D eigenvalue weighted by molar-refractivity contribution is -0.210. The van der Waals surface area contributed by atoms with E-state index in [-0.39, 0.29) is 12.8 Å². The van der Waals surface area contributed by atoms with Crippen molar-refractivity contribution >= 4 is 11.9 Å². The summed E-state index contributed by atoms with van der Waals surface area (Å²) in [6.45, 7) is 4.48. The molecular weight excluding hydrogens is 576 g/mol. The highest BCUT2D eigenvalue weighted by atomic mass is 16.5. The van der Waals surface area contributed by atoms with Gasteiger partial charge in [0.1, 0.15) is 0 Å². The van der Waals surface area contributed by atoms with Crippen molar-refractivity contribution < 1.29 is 30.0 Å². The summed E-state index contributed by atoms with van der Waals surface area (Å²) in [5.74, 6) is -3.32. The van der Waals surface area contributed by atoms with Gasteiger partial charge in [0.05, 0.1) is 0 Å². The van der Waals surface area contributed by atoms with E-state index >= 15 is 0 Å². The lowest BCUT2D eigenvalue weighted by Crippen LogP contribution is -2.63. The first kappa shape index (κ1) is 44.3. The fourth-order valence-corrected chi connectivity index (χ4v) is 6.24. The molecule has 0 saturated carbocycles. The molecule has 0 aliphatic rings. The van der Waals surface area contributed by atoms with E-state index in [2.05, 4.69) is 38.2 Å². The molecule has 0 rings (SSSR count). The van der Waals surface area contributed by atoms with Gasteiger partial charge in [-0.25, -0.2) is 9.59 Å². The van der Waals surface area contributed by atoms with E-state index in [4.69, 9.17) is 0 Å². The minimum atomic E-state index is -2.69. The largest absolute Gasteiger partial charge is 0.479 e. The van der Waals surface area contributed by atoms with Gasteiger partial charge in [-0.05, 0) is 77.0 Å². The fraction of sp³-hybridized carbons (Fsp3) is 0.850. The maximum absolute atomic E-state index is 12.1. The zero-order valence-corrected chi connectivity index (χ0v) is 30.1. The Morgan fingerprint density at radius 2 is 0.609 bits per heavy atom. The Labute approximate surface area is 283 Å². The van der Waals surface area contributed by atoms with Crippen molar-refractivity contribution in [3.05, 3.63) is 24.3 Å². The van der Waals surface area contributed by atoms with Crippen molar-refractivity contribution in [3.8, 4) is 0 Å². The van der Waals surface area contributed by atoms with Crippen LogP contribution in [-0.4, -0.2) is 43.6 Å². The Bertz CT molecular complexity index is 714. The highest BCUT2D eigenvalue weighted by Gasteiger charge is 2.59. The Hall–Kier alpha value is -1.66. The van der Waals surface area contributed by atoms with Gasteiger partial charge in [-0.15, -0.1) is 0 Å². The van der Waals surface area contributed by atoms with Crippen LogP contribution in [0.2, 0.25) is 0 Å². The predicted octanol–water partition coefficient (Wildman–Crippen LogP) is 11.5. The summed E-state index contributed by atoms with van der Waals surface area (Å²) in [5, 5.41) is 41.5. The number of carbonyl (C=O) groups is 2. The molecule has 0 fully saturated rings.